The molecule has 3 rings (SSSR count). The first-order chi connectivity index (χ1) is 12.0. The van der Waals surface area contributed by atoms with Gasteiger partial charge in [-0.05, 0) is 30.3 Å². The molecule has 0 unspecified atom stereocenters. The van der Waals surface area contributed by atoms with E-state index < -0.39 is 23.4 Å². The molecule has 0 atom stereocenters. The number of para-hydroxylation sites is 1. The van der Waals surface area contributed by atoms with Crippen LogP contribution in [-0.2, 0) is 13.6 Å². The first-order valence-corrected chi connectivity index (χ1v) is 7.47. The highest BCUT2D eigenvalue weighted by Crippen LogP contribution is 2.19. The van der Waals surface area contributed by atoms with Crippen LogP contribution >= 0.6 is 0 Å². The highest BCUT2D eigenvalue weighted by atomic mass is 19.1. The summed E-state index contributed by atoms with van der Waals surface area (Å²) >= 11 is 0. The smallest absolute Gasteiger partial charge is 0.319 e. The number of aromatic nitrogens is 3. The lowest BCUT2D eigenvalue weighted by atomic mass is 10.2. The van der Waals surface area contributed by atoms with Crippen molar-refractivity contribution in [3.8, 4) is 11.3 Å². The van der Waals surface area contributed by atoms with Gasteiger partial charge in [0.1, 0.15) is 17.3 Å². The number of nitrogens with zero attached hydrogens (tertiary/aromatic N) is 3. The van der Waals surface area contributed by atoms with Crippen molar-refractivity contribution in [2.75, 3.05) is 5.32 Å². The molecule has 0 spiro atoms. The number of benzene rings is 1. The van der Waals surface area contributed by atoms with E-state index in [1.54, 1.807) is 36.3 Å². The molecule has 2 heterocycles. The Hall–Kier alpha value is -3.29. The maximum Gasteiger partial charge on any atom is 0.319 e. The van der Waals surface area contributed by atoms with Crippen molar-refractivity contribution in [3.63, 3.8) is 0 Å². The van der Waals surface area contributed by atoms with Crippen LogP contribution in [0.4, 0.5) is 19.3 Å². The van der Waals surface area contributed by atoms with Gasteiger partial charge in [-0.2, -0.15) is 5.10 Å². The van der Waals surface area contributed by atoms with Crippen LogP contribution in [0.3, 0.4) is 0 Å². The third-order valence-corrected chi connectivity index (χ3v) is 3.57. The Morgan fingerprint density at radius 3 is 2.64 bits per heavy atom. The molecule has 0 aliphatic carbocycles. The molecule has 0 radical (unpaired) electrons. The third-order valence-electron chi connectivity index (χ3n) is 3.57. The maximum absolute atomic E-state index is 13.5. The van der Waals surface area contributed by atoms with Crippen molar-refractivity contribution in [3.05, 3.63) is 66.1 Å². The minimum atomic E-state index is -0.838. The Balaban J connectivity index is 1.66. The predicted molar refractivity (Wildman–Crippen MR) is 88.7 cm³/mol. The van der Waals surface area contributed by atoms with E-state index in [2.05, 4.69) is 20.7 Å². The maximum atomic E-state index is 13.5. The number of nitrogens with one attached hydrogen (secondary N) is 2. The van der Waals surface area contributed by atoms with Gasteiger partial charge in [0.2, 0.25) is 0 Å². The number of aryl methyl sites for hydroxylation is 1. The molecular weight excluding hydrogens is 328 g/mol. The van der Waals surface area contributed by atoms with E-state index in [1.807, 2.05) is 6.07 Å². The van der Waals surface area contributed by atoms with Crippen molar-refractivity contribution in [1.82, 2.24) is 20.1 Å². The molecule has 3 aromatic rings. The normalized spacial score (nSPS) is 10.5. The molecule has 0 bridgehead atoms. The van der Waals surface area contributed by atoms with Gasteiger partial charge in [0.25, 0.3) is 0 Å². The van der Waals surface area contributed by atoms with Crippen LogP contribution in [0.5, 0.6) is 0 Å². The topological polar surface area (TPSA) is 71.8 Å². The highest BCUT2D eigenvalue weighted by molar-refractivity contribution is 5.89. The van der Waals surface area contributed by atoms with E-state index in [1.165, 1.54) is 6.07 Å². The van der Waals surface area contributed by atoms with Gasteiger partial charge < -0.3 is 10.6 Å². The van der Waals surface area contributed by atoms with Crippen molar-refractivity contribution in [2.45, 2.75) is 6.54 Å². The average Bonchev–Trinajstić information content (AvgIpc) is 2.98. The van der Waals surface area contributed by atoms with Crippen LogP contribution in [0, 0.1) is 11.6 Å². The summed E-state index contributed by atoms with van der Waals surface area (Å²) in [5, 5.41) is 9.07. The summed E-state index contributed by atoms with van der Waals surface area (Å²) in [5.41, 5.74) is 1.80. The number of carbonyl (C=O) groups is 1. The number of urea groups is 1. The molecule has 0 saturated heterocycles. The summed E-state index contributed by atoms with van der Waals surface area (Å²) in [6, 6.07) is 8.14. The number of hydrogen-bond acceptors (Lipinski definition) is 3. The zero-order valence-corrected chi connectivity index (χ0v) is 13.3. The van der Waals surface area contributed by atoms with Crippen LogP contribution in [-0.4, -0.2) is 20.8 Å². The molecule has 2 aromatic heterocycles. The standard InChI is InChI=1S/C17H15F2N5O/c1-24-12(8-15(23-24)11-4-3-7-20-9-11)10-21-17(25)22-16-13(18)5-2-6-14(16)19/h2-9H,10H2,1H3,(H2,21,22,25). The fraction of sp³-hybridized carbons (Fsp3) is 0.118. The second-order valence-corrected chi connectivity index (χ2v) is 5.29. The molecule has 6 nitrogen and oxygen atoms in total. The zero-order chi connectivity index (χ0) is 17.8. The molecule has 8 heteroatoms. The third kappa shape index (κ3) is 3.79. The first kappa shape index (κ1) is 16.6. The van der Waals surface area contributed by atoms with Crippen molar-refractivity contribution < 1.29 is 13.6 Å². The monoisotopic (exact) mass is 343 g/mol. The molecule has 2 N–H and O–H groups in total. The van der Waals surface area contributed by atoms with E-state index >= 15 is 0 Å². The Labute approximate surface area is 142 Å². The van der Waals surface area contributed by atoms with Gasteiger partial charge in [-0.15, -0.1) is 0 Å². The number of hydrogen-bond donors (Lipinski definition) is 2. The van der Waals surface area contributed by atoms with Crippen LogP contribution in [0.2, 0.25) is 0 Å². The van der Waals surface area contributed by atoms with Crippen LogP contribution in [0.1, 0.15) is 5.69 Å². The molecule has 0 saturated carbocycles. The quantitative estimate of drug-likeness (QED) is 0.765. The molecule has 2 amide bonds. The summed E-state index contributed by atoms with van der Waals surface area (Å²) < 4.78 is 28.7. The zero-order valence-electron chi connectivity index (χ0n) is 13.3. The predicted octanol–water partition coefficient (Wildman–Crippen LogP) is 3.08. The number of pyridine rings is 1. The van der Waals surface area contributed by atoms with E-state index in [9.17, 15) is 13.6 Å². The van der Waals surface area contributed by atoms with Gasteiger partial charge in [-0.3, -0.25) is 9.67 Å². The lowest BCUT2D eigenvalue weighted by molar-refractivity contribution is 0.251. The Morgan fingerprint density at radius 2 is 1.96 bits per heavy atom. The van der Waals surface area contributed by atoms with Crippen LogP contribution in [0.25, 0.3) is 11.3 Å². The minimum absolute atomic E-state index is 0.145. The summed E-state index contributed by atoms with van der Waals surface area (Å²) in [5.74, 6) is -1.68. The Bertz CT molecular complexity index is 875. The second-order valence-electron chi connectivity index (χ2n) is 5.29. The second kappa shape index (κ2) is 7.08. The van der Waals surface area contributed by atoms with E-state index in [4.69, 9.17) is 0 Å². The summed E-state index contributed by atoms with van der Waals surface area (Å²) in [4.78, 5) is 15.9. The average molecular weight is 343 g/mol. The number of anilines is 1. The Morgan fingerprint density at radius 1 is 1.20 bits per heavy atom. The van der Waals surface area contributed by atoms with Crippen molar-refractivity contribution >= 4 is 11.7 Å². The van der Waals surface area contributed by atoms with Crippen molar-refractivity contribution in [2.24, 2.45) is 7.05 Å². The summed E-state index contributed by atoms with van der Waals surface area (Å²) in [6.45, 7) is 0.145. The van der Waals surface area contributed by atoms with E-state index in [0.29, 0.717) is 5.69 Å². The molecule has 0 aliphatic rings. The van der Waals surface area contributed by atoms with Crippen molar-refractivity contribution in [1.29, 1.82) is 0 Å². The van der Waals surface area contributed by atoms with Gasteiger partial charge in [-0.25, -0.2) is 13.6 Å². The van der Waals surface area contributed by atoms with Gasteiger partial charge in [0.05, 0.1) is 17.9 Å². The van der Waals surface area contributed by atoms with Gasteiger partial charge >= 0.3 is 6.03 Å². The van der Waals surface area contributed by atoms with Crippen LogP contribution in [0.15, 0.2) is 48.8 Å². The summed E-state index contributed by atoms with van der Waals surface area (Å²) in [7, 11) is 1.74. The fourth-order valence-electron chi connectivity index (χ4n) is 2.27. The molecule has 25 heavy (non-hydrogen) atoms. The SMILES string of the molecule is Cn1nc(-c2cccnc2)cc1CNC(=O)Nc1c(F)cccc1F. The minimum Gasteiger partial charge on any atom is -0.332 e. The van der Waals surface area contributed by atoms with E-state index in [0.717, 1.165) is 23.4 Å². The van der Waals surface area contributed by atoms with Crippen LogP contribution < -0.4 is 10.6 Å². The molecule has 128 valence electrons. The largest absolute Gasteiger partial charge is 0.332 e. The number of rotatable bonds is 4. The van der Waals surface area contributed by atoms with Gasteiger partial charge in [-0.1, -0.05) is 6.07 Å². The van der Waals surface area contributed by atoms with E-state index in [-0.39, 0.29) is 6.54 Å². The van der Waals surface area contributed by atoms with Gasteiger partial charge in [0.15, 0.2) is 0 Å². The lowest BCUT2D eigenvalue weighted by Gasteiger charge is -2.09. The Kier molecular flexibility index (Phi) is 4.69. The first-order valence-electron chi connectivity index (χ1n) is 7.47. The number of carbonyl (C=O) groups excluding carboxylic acids is 1. The fourth-order valence-corrected chi connectivity index (χ4v) is 2.27. The van der Waals surface area contributed by atoms with Gasteiger partial charge in [0, 0.05) is 25.0 Å². The molecule has 0 fully saturated rings. The number of halogens is 2. The molecular formula is C17H15F2N5O. The molecule has 1 aromatic carbocycles. The lowest BCUT2D eigenvalue weighted by Crippen LogP contribution is -2.29. The molecule has 0 aliphatic heterocycles. The highest BCUT2D eigenvalue weighted by Gasteiger charge is 2.13. The number of amides is 2. The summed E-state index contributed by atoms with van der Waals surface area (Å²) in [6.07, 6.45) is 3.36.